The van der Waals surface area contributed by atoms with E-state index >= 15 is 0 Å². The van der Waals surface area contributed by atoms with Gasteiger partial charge in [0.05, 0.1) is 22.8 Å². The Morgan fingerprint density at radius 2 is 0.357 bits per heavy atom. The van der Waals surface area contributed by atoms with E-state index in [2.05, 4.69) is 326 Å². The van der Waals surface area contributed by atoms with Gasteiger partial charge < -0.3 is 0 Å². The van der Waals surface area contributed by atoms with Crippen molar-refractivity contribution in [3.05, 3.63) is 265 Å². The maximum atomic E-state index is 6.29. The lowest BCUT2D eigenvalue weighted by Crippen LogP contribution is -2.10. The second-order valence-corrected chi connectivity index (χ2v) is 35.1. The van der Waals surface area contributed by atoms with Crippen LogP contribution in [0.5, 0.6) is 0 Å². The summed E-state index contributed by atoms with van der Waals surface area (Å²) in [4.78, 5) is 12.6. The molecule has 2 nitrogen and oxygen atoms in total. The number of hydrogen-bond acceptors (Lipinski definition) is 6. The van der Waals surface area contributed by atoms with Crippen molar-refractivity contribution in [2.75, 3.05) is 0 Å². The Hall–Kier alpha value is -9.40. The molecule has 0 amide bonds. The van der Waals surface area contributed by atoms with Crippen molar-refractivity contribution < 1.29 is 0 Å². The monoisotopic (exact) mass is 1340 g/mol. The maximum absolute atomic E-state index is 6.29. The molecule has 10 aromatic carbocycles. The Morgan fingerprint density at radius 1 is 0.184 bits per heavy atom. The molecule has 2 aliphatic heterocycles. The summed E-state index contributed by atoms with van der Waals surface area (Å²) >= 11 is 7.47. The van der Waals surface area contributed by atoms with Crippen LogP contribution >= 0.6 is 45.3 Å². The average molecular weight is 1340 g/mol. The van der Waals surface area contributed by atoms with E-state index in [9.17, 15) is 0 Å². The third kappa shape index (κ3) is 10.4. The second-order valence-electron chi connectivity index (χ2n) is 30.8. The third-order valence-corrected chi connectivity index (χ3v) is 25.1. The van der Waals surface area contributed by atoms with Crippen LogP contribution < -0.4 is 0 Å². The van der Waals surface area contributed by atoms with Crippen LogP contribution in [0.3, 0.4) is 0 Å². The Morgan fingerprint density at radius 3 is 0.541 bits per heavy atom. The van der Waals surface area contributed by atoms with Crippen molar-refractivity contribution in [1.82, 2.24) is 9.97 Å². The van der Waals surface area contributed by atoms with E-state index in [0.29, 0.717) is 0 Å². The highest BCUT2D eigenvalue weighted by molar-refractivity contribution is 7.31. The normalized spacial score (nSPS) is 12.7. The van der Waals surface area contributed by atoms with Crippen LogP contribution in [0, 0.1) is 0 Å². The summed E-state index contributed by atoms with van der Waals surface area (Å²) < 4.78 is 9.47. The number of fused-ring (bicyclic) bond motifs is 30. The highest BCUT2D eigenvalue weighted by atomic mass is 32.1. The van der Waals surface area contributed by atoms with Crippen LogP contribution in [-0.4, -0.2) is 9.97 Å². The van der Waals surface area contributed by atoms with Gasteiger partial charge in [-0.15, -0.1) is 45.3 Å². The van der Waals surface area contributed by atoms with Gasteiger partial charge in [-0.2, -0.15) is 0 Å². The molecule has 0 N–H and O–H groups in total. The van der Waals surface area contributed by atoms with Crippen molar-refractivity contribution in [3.8, 4) is 89.5 Å². The number of benzene rings is 10. The van der Waals surface area contributed by atoms with Gasteiger partial charge >= 0.3 is 0 Å². The molecule has 0 aliphatic carbocycles. The lowest BCUT2D eigenvalue weighted by atomic mass is 9.84. The van der Waals surface area contributed by atoms with E-state index in [4.69, 9.17) is 9.97 Å². The second kappa shape index (κ2) is 23.1. The minimum Gasteiger partial charge on any atom is -0.246 e. The largest absolute Gasteiger partial charge is 0.246 e. The fourth-order valence-electron chi connectivity index (χ4n) is 15.0. The standard InChI is InChI=1S/C92H76N2S4/c1-89(2,3)57-37-29-53(30-38-57)77-73-49-45-69(95-73)70-46-50-75(96-70)79(55-33-41-59(42-34-55)91(7,8)9)87-83-67-27-19-15-23-63(67)64-24-16-20-28-68(64)84(83)88(94-87)80(56-35-43-60(44-36-56)92(10,11)12)76-52-48-72(98-76)71-47-51-74(97-71)78(54-31-39-58(40-32-54)90(4,5)6)86-82-66-26-18-14-22-62(66)61-21-13-17-25-65(61)81(82)85(77)93-86/h13-52H,1-12H3. The average Bonchev–Trinajstić information content (AvgIpc) is 1.50. The molecule has 2 aliphatic rings. The molecule has 15 aromatic rings. The molecule has 12 bridgehead atoms. The Bertz CT molecular complexity index is 5300. The van der Waals surface area contributed by atoms with Crippen LogP contribution in [0.4, 0.5) is 0 Å². The van der Waals surface area contributed by atoms with Crippen molar-refractivity contribution >= 4 is 126 Å². The fraction of sp³-hybridized carbons (Fsp3) is 0.174. The van der Waals surface area contributed by atoms with Crippen LogP contribution in [0.2, 0.25) is 0 Å². The number of rotatable bonds is 4. The summed E-state index contributed by atoms with van der Waals surface area (Å²) in [6.07, 6.45) is 0. The minimum absolute atomic E-state index is 0.0372. The number of nitrogens with zero attached hydrogens (tertiary/aromatic N) is 2. The van der Waals surface area contributed by atoms with E-state index in [1.54, 1.807) is 0 Å². The molecule has 0 saturated heterocycles. The molecule has 98 heavy (non-hydrogen) atoms. The van der Waals surface area contributed by atoms with Crippen LogP contribution in [0.25, 0.3) is 170 Å². The fourth-order valence-corrected chi connectivity index (χ4v) is 19.5. The Kier molecular flexibility index (Phi) is 14.7. The molecular weight excluding hydrogens is 1260 g/mol. The molecule has 17 rings (SSSR count). The van der Waals surface area contributed by atoms with E-state index < -0.39 is 0 Å². The van der Waals surface area contributed by atoms with Gasteiger partial charge in [0.15, 0.2) is 0 Å². The first-order chi connectivity index (χ1) is 47.1. The molecule has 0 fully saturated rings. The summed E-state index contributed by atoms with van der Waals surface area (Å²) in [5.41, 5.74) is 22.7. The first-order valence-corrected chi connectivity index (χ1v) is 37.5. The van der Waals surface area contributed by atoms with Gasteiger partial charge in [-0.1, -0.05) is 277 Å². The van der Waals surface area contributed by atoms with Gasteiger partial charge in [0.2, 0.25) is 0 Å². The van der Waals surface area contributed by atoms with E-state index in [0.717, 1.165) is 67.3 Å². The van der Waals surface area contributed by atoms with Gasteiger partial charge in [0.25, 0.3) is 0 Å². The molecule has 0 radical (unpaired) electrons. The van der Waals surface area contributed by atoms with Gasteiger partial charge in [-0.05, 0) is 158 Å². The van der Waals surface area contributed by atoms with Crippen LogP contribution in [0.15, 0.2) is 243 Å². The Balaban J connectivity index is 1.10. The molecular formula is C92H76N2S4. The van der Waals surface area contributed by atoms with E-state index in [1.807, 2.05) is 45.3 Å². The first kappa shape index (κ1) is 62.1. The van der Waals surface area contributed by atoms with Crippen LogP contribution in [0.1, 0.15) is 105 Å². The zero-order valence-electron chi connectivity index (χ0n) is 57.6. The smallest absolute Gasteiger partial charge is 0.0815 e. The van der Waals surface area contributed by atoms with E-state index in [-0.39, 0.29) is 21.7 Å². The highest BCUT2D eigenvalue weighted by Gasteiger charge is 2.33. The van der Waals surface area contributed by atoms with Gasteiger partial charge in [-0.3, -0.25) is 0 Å². The van der Waals surface area contributed by atoms with Crippen molar-refractivity contribution in [2.45, 2.75) is 105 Å². The van der Waals surface area contributed by atoms with Gasteiger partial charge in [-0.25, -0.2) is 9.97 Å². The molecule has 0 unspecified atom stereocenters. The van der Waals surface area contributed by atoms with Crippen molar-refractivity contribution in [1.29, 1.82) is 0 Å². The van der Waals surface area contributed by atoms with Crippen molar-refractivity contribution in [3.63, 3.8) is 0 Å². The number of hydrogen-bond donors (Lipinski definition) is 0. The summed E-state index contributed by atoms with van der Waals surface area (Å²) in [6, 6.07) is 92.8. The molecule has 0 atom stereocenters. The first-order valence-electron chi connectivity index (χ1n) is 34.3. The third-order valence-electron chi connectivity index (χ3n) is 20.3. The number of aromatic nitrogens is 2. The zero-order valence-corrected chi connectivity index (χ0v) is 60.9. The lowest BCUT2D eigenvalue weighted by Gasteiger charge is -2.19. The van der Waals surface area contributed by atoms with E-state index in [1.165, 1.54) is 125 Å². The summed E-state index contributed by atoms with van der Waals surface area (Å²) in [5.74, 6) is 0. The minimum atomic E-state index is -0.0372. The summed E-state index contributed by atoms with van der Waals surface area (Å²) in [7, 11) is 0. The Labute approximate surface area is 590 Å². The molecule has 0 spiro atoms. The molecule has 6 heteroatoms. The summed E-state index contributed by atoms with van der Waals surface area (Å²) in [6.45, 7) is 27.7. The molecule has 7 heterocycles. The van der Waals surface area contributed by atoms with Gasteiger partial charge in [0, 0.05) is 82.1 Å². The molecule has 0 saturated carbocycles. The van der Waals surface area contributed by atoms with Gasteiger partial charge in [0.1, 0.15) is 0 Å². The number of thiophene rings is 4. The summed E-state index contributed by atoms with van der Waals surface area (Å²) in [5, 5.41) is 9.66. The predicted molar refractivity (Wildman–Crippen MR) is 432 cm³/mol. The topological polar surface area (TPSA) is 25.8 Å². The molecule has 5 aromatic heterocycles. The predicted octanol–water partition coefficient (Wildman–Crippen LogP) is 28.5. The quantitative estimate of drug-likeness (QED) is 0.164. The molecule has 478 valence electrons. The maximum Gasteiger partial charge on any atom is 0.0815 e. The highest BCUT2D eigenvalue weighted by Crippen LogP contribution is 2.57. The lowest BCUT2D eigenvalue weighted by molar-refractivity contribution is 0.590. The van der Waals surface area contributed by atoms with Crippen LogP contribution in [-0.2, 0) is 21.7 Å². The zero-order chi connectivity index (χ0) is 67.3. The SMILES string of the molecule is CC(C)(C)c1ccc(-c2c3nc(c(-c4ccc(C(C)(C)C)cc4)c4ccc(s4)c4ccc(s4)c(-c4ccc(C(C)(C)C)cc4)c4nc(c(-c5ccc(C(C)(C)C)cc5)c5ccc(s5)c5ccc2s5)-c2c-4c4ccccc4c4ccccc24)-c2c-3c3ccccc3c3ccccc23)cc1. The van der Waals surface area contributed by atoms with Crippen molar-refractivity contribution in [2.24, 2.45) is 0 Å².